The SMILES string of the molecule is COCCn1c(Cl)c(/C=C(\C)C(=O)O)c2ccccc21. The molecule has 4 nitrogen and oxygen atoms in total. The fraction of sp³-hybridized carbons (Fsp3) is 0.267. The first kappa shape index (κ1) is 14.6. The van der Waals surface area contributed by atoms with E-state index < -0.39 is 5.97 Å². The number of fused-ring (bicyclic) bond motifs is 1. The number of aliphatic carboxylic acids is 1. The van der Waals surface area contributed by atoms with Gasteiger partial charge < -0.3 is 14.4 Å². The third-order valence-corrected chi connectivity index (χ3v) is 3.57. The summed E-state index contributed by atoms with van der Waals surface area (Å²) in [4.78, 5) is 11.0. The van der Waals surface area contributed by atoms with Crippen LogP contribution >= 0.6 is 11.6 Å². The summed E-state index contributed by atoms with van der Waals surface area (Å²) in [5.41, 5.74) is 1.96. The molecule has 0 atom stereocenters. The number of methoxy groups -OCH3 is 1. The van der Waals surface area contributed by atoms with E-state index in [0.717, 1.165) is 16.5 Å². The first-order chi connectivity index (χ1) is 9.56. The van der Waals surface area contributed by atoms with Crippen LogP contribution in [0.3, 0.4) is 0 Å². The highest BCUT2D eigenvalue weighted by molar-refractivity contribution is 6.33. The highest BCUT2D eigenvalue weighted by Gasteiger charge is 2.14. The van der Waals surface area contributed by atoms with Crippen molar-refractivity contribution in [2.45, 2.75) is 13.5 Å². The molecular weight excluding hydrogens is 278 g/mol. The van der Waals surface area contributed by atoms with Gasteiger partial charge >= 0.3 is 5.97 Å². The second-order valence-corrected chi connectivity index (χ2v) is 4.86. The molecule has 0 radical (unpaired) electrons. The van der Waals surface area contributed by atoms with Gasteiger partial charge in [-0.05, 0) is 19.1 Å². The van der Waals surface area contributed by atoms with E-state index in [2.05, 4.69) is 0 Å². The summed E-state index contributed by atoms with van der Waals surface area (Å²) < 4.78 is 7.02. The minimum Gasteiger partial charge on any atom is -0.478 e. The van der Waals surface area contributed by atoms with Crippen molar-refractivity contribution < 1.29 is 14.6 Å². The van der Waals surface area contributed by atoms with Gasteiger partial charge in [-0.3, -0.25) is 0 Å². The number of nitrogens with zero attached hydrogens (tertiary/aromatic N) is 1. The predicted molar refractivity (Wildman–Crippen MR) is 80.1 cm³/mol. The van der Waals surface area contributed by atoms with Crippen LogP contribution in [0.25, 0.3) is 17.0 Å². The molecule has 1 aromatic heterocycles. The third-order valence-electron chi connectivity index (χ3n) is 3.16. The summed E-state index contributed by atoms with van der Waals surface area (Å²) >= 11 is 6.41. The first-order valence-corrected chi connectivity index (χ1v) is 6.61. The molecule has 0 spiro atoms. The molecule has 0 aliphatic rings. The second kappa shape index (κ2) is 6.11. The number of aromatic nitrogens is 1. The van der Waals surface area contributed by atoms with Crippen LogP contribution in [-0.2, 0) is 16.1 Å². The number of hydrogen-bond donors (Lipinski definition) is 1. The molecule has 2 rings (SSSR count). The highest BCUT2D eigenvalue weighted by atomic mass is 35.5. The number of benzene rings is 1. The minimum absolute atomic E-state index is 0.251. The highest BCUT2D eigenvalue weighted by Crippen LogP contribution is 2.31. The van der Waals surface area contributed by atoms with E-state index in [0.29, 0.717) is 18.3 Å². The lowest BCUT2D eigenvalue weighted by Gasteiger charge is -2.05. The fourth-order valence-electron chi connectivity index (χ4n) is 2.12. The summed E-state index contributed by atoms with van der Waals surface area (Å²) in [6, 6.07) is 7.74. The molecular formula is C15H16ClNO3. The average molecular weight is 294 g/mol. The molecule has 0 unspecified atom stereocenters. The van der Waals surface area contributed by atoms with Gasteiger partial charge in [-0.25, -0.2) is 4.79 Å². The van der Waals surface area contributed by atoms with Crippen LogP contribution in [0.15, 0.2) is 29.8 Å². The van der Waals surface area contributed by atoms with Crippen LogP contribution in [0.1, 0.15) is 12.5 Å². The lowest BCUT2D eigenvalue weighted by atomic mass is 10.1. The molecule has 0 bridgehead atoms. The van der Waals surface area contributed by atoms with Crippen molar-refractivity contribution in [1.29, 1.82) is 0 Å². The van der Waals surface area contributed by atoms with Crippen LogP contribution in [0.2, 0.25) is 5.15 Å². The molecule has 1 heterocycles. The van der Waals surface area contributed by atoms with E-state index in [1.54, 1.807) is 20.1 Å². The number of hydrogen-bond acceptors (Lipinski definition) is 2. The van der Waals surface area contributed by atoms with Crippen LogP contribution in [0, 0.1) is 0 Å². The predicted octanol–water partition coefficient (Wildman–Crippen LogP) is 3.43. The largest absolute Gasteiger partial charge is 0.478 e. The van der Waals surface area contributed by atoms with Gasteiger partial charge in [-0.1, -0.05) is 29.8 Å². The Balaban J connectivity index is 2.62. The number of rotatable bonds is 5. The lowest BCUT2D eigenvalue weighted by molar-refractivity contribution is -0.132. The Morgan fingerprint density at radius 3 is 2.80 bits per heavy atom. The van der Waals surface area contributed by atoms with E-state index in [9.17, 15) is 4.79 Å². The number of halogens is 1. The summed E-state index contributed by atoms with van der Waals surface area (Å²) in [5.74, 6) is -0.949. The number of para-hydroxylation sites is 1. The smallest absolute Gasteiger partial charge is 0.331 e. The zero-order valence-corrected chi connectivity index (χ0v) is 12.1. The maximum Gasteiger partial charge on any atom is 0.331 e. The molecule has 106 valence electrons. The van der Waals surface area contributed by atoms with Crippen molar-refractivity contribution in [2.24, 2.45) is 0 Å². The van der Waals surface area contributed by atoms with Crippen molar-refractivity contribution in [1.82, 2.24) is 4.57 Å². The Morgan fingerprint density at radius 2 is 2.15 bits per heavy atom. The molecule has 1 aromatic carbocycles. The maximum absolute atomic E-state index is 11.0. The van der Waals surface area contributed by atoms with Crippen molar-refractivity contribution in [2.75, 3.05) is 13.7 Å². The molecule has 0 fully saturated rings. The molecule has 0 saturated carbocycles. The molecule has 20 heavy (non-hydrogen) atoms. The van der Waals surface area contributed by atoms with Crippen molar-refractivity contribution in [3.63, 3.8) is 0 Å². The zero-order valence-electron chi connectivity index (χ0n) is 11.4. The molecule has 0 amide bonds. The summed E-state index contributed by atoms with van der Waals surface area (Å²) in [7, 11) is 1.63. The zero-order chi connectivity index (χ0) is 14.7. The van der Waals surface area contributed by atoms with Crippen LogP contribution < -0.4 is 0 Å². The molecule has 2 aromatic rings. The van der Waals surface area contributed by atoms with Crippen LogP contribution in [0.4, 0.5) is 0 Å². The summed E-state index contributed by atoms with van der Waals surface area (Å²) in [5, 5.41) is 10.5. The van der Waals surface area contributed by atoms with Crippen molar-refractivity contribution in [3.8, 4) is 0 Å². The summed E-state index contributed by atoms with van der Waals surface area (Å²) in [6.45, 7) is 2.72. The number of carboxylic acids is 1. The quantitative estimate of drug-likeness (QED) is 0.859. The Kier molecular flexibility index (Phi) is 4.47. The monoisotopic (exact) mass is 293 g/mol. The Bertz CT molecular complexity index is 673. The average Bonchev–Trinajstić information content (AvgIpc) is 2.69. The van der Waals surface area contributed by atoms with Gasteiger partial charge in [0.25, 0.3) is 0 Å². The normalized spacial score (nSPS) is 12.1. The number of carbonyl (C=O) groups is 1. The van der Waals surface area contributed by atoms with Crippen LogP contribution in [0.5, 0.6) is 0 Å². The van der Waals surface area contributed by atoms with Crippen molar-refractivity contribution in [3.05, 3.63) is 40.6 Å². The lowest BCUT2D eigenvalue weighted by Crippen LogP contribution is -2.03. The third kappa shape index (κ3) is 2.71. The molecule has 0 aliphatic carbocycles. The van der Waals surface area contributed by atoms with Gasteiger partial charge in [0, 0.05) is 35.7 Å². The van der Waals surface area contributed by atoms with Gasteiger partial charge in [-0.2, -0.15) is 0 Å². The maximum atomic E-state index is 11.0. The Morgan fingerprint density at radius 1 is 1.45 bits per heavy atom. The van der Waals surface area contributed by atoms with Gasteiger partial charge in [0.1, 0.15) is 5.15 Å². The van der Waals surface area contributed by atoms with E-state index in [1.807, 2.05) is 28.8 Å². The molecule has 0 aliphatic heterocycles. The van der Waals surface area contributed by atoms with E-state index >= 15 is 0 Å². The van der Waals surface area contributed by atoms with Gasteiger partial charge in [0.05, 0.1) is 6.61 Å². The molecule has 5 heteroatoms. The van der Waals surface area contributed by atoms with Crippen LogP contribution in [-0.4, -0.2) is 29.4 Å². The Hall–Kier alpha value is -1.78. The summed E-state index contributed by atoms with van der Waals surface area (Å²) in [6.07, 6.45) is 1.61. The standard InChI is InChI=1S/C15H16ClNO3/c1-10(15(18)19)9-12-11-5-3-4-6-13(11)17(14(12)16)7-8-20-2/h3-6,9H,7-8H2,1-2H3,(H,18,19)/b10-9+. The second-order valence-electron chi connectivity index (χ2n) is 4.50. The van der Waals surface area contributed by atoms with E-state index in [-0.39, 0.29) is 5.57 Å². The molecule has 0 saturated heterocycles. The topological polar surface area (TPSA) is 51.5 Å². The fourth-order valence-corrected chi connectivity index (χ4v) is 2.45. The van der Waals surface area contributed by atoms with Crippen molar-refractivity contribution >= 4 is 34.5 Å². The van der Waals surface area contributed by atoms with Gasteiger partial charge in [-0.15, -0.1) is 0 Å². The van der Waals surface area contributed by atoms with Gasteiger partial charge in [0.15, 0.2) is 0 Å². The number of carboxylic acid groups (broad SMARTS) is 1. The van der Waals surface area contributed by atoms with E-state index in [1.165, 1.54) is 0 Å². The first-order valence-electron chi connectivity index (χ1n) is 6.23. The number of ether oxygens (including phenoxy) is 1. The van der Waals surface area contributed by atoms with E-state index in [4.69, 9.17) is 21.4 Å². The van der Waals surface area contributed by atoms with Gasteiger partial charge in [0.2, 0.25) is 0 Å². The Labute approximate surface area is 122 Å². The minimum atomic E-state index is -0.949. The molecule has 1 N–H and O–H groups in total.